The van der Waals surface area contributed by atoms with E-state index in [2.05, 4.69) is 27.7 Å². The quantitative estimate of drug-likeness (QED) is 0.391. The second-order valence-electron chi connectivity index (χ2n) is 6.92. The topological polar surface area (TPSA) is 77.4 Å². The Bertz CT molecular complexity index is 284. The van der Waals surface area contributed by atoms with Crippen LogP contribution in [-0.4, -0.2) is 41.7 Å². The molecule has 0 aromatic rings. The Morgan fingerprint density at radius 1 is 0.731 bits per heavy atom. The second-order valence-corrected chi connectivity index (χ2v) is 11.4. The van der Waals surface area contributed by atoms with Crippen molar-refractivity contribution in [1.29, 1.82) is 0 Å². The highest BCUT2D eigenvalue weighted by atomic mass is 31.2. The molecular weight excluding hydrogens is 366 g/mol. The standard InChI is InChI=1S/C16H36P.C4H6O4.H3P/c1-5-9-13-17(14-10-6-2,15-11-7-3)16-12-8-4;5-3(6)1-2-4(7)8;/h5-16H2,1-4H3;1-2H2,(H,5,6)(H,7,8);1H3/q+1;;/p-1. The fourth-order valence-electron chi connectivity index (χ4n) is 2.85. The van der Waals surface area contributed by atoms with Gasteiger partial charge in [-0.05, 0) is 32.1 Å². The lowest BCUT2D eigenvalue weighted by Gasteiger charge is -2.28. The monoisotopic (exact) mass is 410 g/mol. The van der Waals surface area contributed by atoms with Gasteiger partial charge in [0.15, 0.2) is 0 Å². The van der Waals surface area contributed by atoms with Crippen LogP contribution in [0.25, 0.3) is 0 Å². The highest BCUT2D eigenvalue weighted by Gasteiger charge is 2.34. The number of carbonyl (C=O) groups is 2. The molecule has 0 saturated heterocycles. The van der Waals surface area contributed by atoms with Gasteiger partial charge >= 0.3 is 5.97 Å². The minimum atomic E-state index is -1.33. The molecule has 4 nitrogen and oxygen atoms in total. The Kier molecular flexibility index (Phi) is 24.8. The Morgan fingerprint density at radius 3 is 1.19 bits per heavy atom. The van der Waals surface area contributed by atoms with E-state index in [1.807, 2.05) is 0 Å². The molecule has 0 spiro atoms. The van der Waals surface area contributed by atoms with E-state index in [1.54, 1.807) is 24.6 Å². The number of carboxylic acids is 2. The highest BCUT2D eigenvalue weighted by Crippen LogP contribution is 2.61. The Hall–Kier alpha value is -0.200. The minimum absolute atomic E-state index is 0. The smallest absolute Gasteiger partial charge is 0.303 e. The van der Waals surface area contributed by atoms with Crippen molar-refractivity contribution in [2.24, 2.45) is 0 Å². The first kappa shape index (κ1) is 30.5. The molecule has 0 aliphatic heterocycles. The van der Waals surface area contributed by atoms with Gasteiger partial charge < -0.3 is 15.0 Å². The van der Waals surface area contributed by atoms with Gasteiger partial charge in [-0.3, -0.25) is 4.79 Å². The molecule has 0 amide bonds. The van der Waals surface area contributed by atoms with Crippen LogP contribution in [0.2, 0.25) is 0 Å². The predicted molar refractivity (Wildman–Crippen MR) is 119 cm³/mol. The summed E-state index contributed by atoms with van der Waals surface area (Å²) in [6, 6.07) is 0. The lowest BCUT2D eigenvalue weighted by Crippen LogP contribution is -2.22. The maximum atomic E-state index is 9.61. The third kappa shape index (κ3) is 20.1. The van der Waals surface area contributed by atoms with Gasteiger partial charge in [0, 0.05) is 13.2 Å². The lowest BCUT2D eigenvalue weighted by atomic mass is 10.3. The summed E-state index contributed by atoms with van der Waals surface area (Å²) in [6.45, 7) is 9.42. The van der Waals surface area contributed by atoms with Gasteiger partial charge in [0.05, 0.1) is 31.1 Å². The number of rotatable bonds is 15. The maximum absolute atomic E-state index is 9.61. The summed E-state index contributed by atoms with van der Waals surface area (Å²) in [4.78, 5) is 19.1. The normalized spacial score (nSPS) is 10.5. The van der Waals surface area contributed by atoms with Crippen molar-refractivity contribution >= 4 is 29.1 Å². The third-order valence-corrected chi connectivity index (χ3v) is 9.55. The average molecular weight is 411 g/mol. The van der Waals surface area contributed by atoms with E-state index < -0.39 is 25.6 Å². The van der Waals surface area contributed by atoms with Crippen molar-refractivity contribution in [3.05, 3.63) is 0 Å². The molecule has 0 saturated carbocycles. The molecule has 6 heteroatoms. The van der Waals surface area contributed by atoms with Crippen LogP contribution >= 0.6 is 17.2 Å². The molecule has 158 valence electrons. The molecule has 26 heavy (non-hydrogen) atoms. The molecule has 0 aromatic carbocycles. The molecule has 0 fully saturated rings. The molecule has 0 heterocycles. The highest BCUT2D eigenvalue weighted by molar-refractivity contribution is 7.75. The summed E-state index contributed by atoms with van der Waals surface area (Å²) >= 11 is 0. The van der Waals surface area contributed by atoms with Crippen molar-refractivity contribution in [1.82, 2.24) is 0 Å². The van der Waals surface area contributed by atoms with Gasteiger partial charge in [-0.25, -0.2) is 0 Å². The van der Waals surface area contributed by atoms with Crippen LogP contribution in [-0.2, 0) is 9.59 Å². The van der Waals surface area contributed by atoms with Gasteiger partial charge in [-0.15, -0.1) is 0 Å². The Balaban J connectivity index is -0.000000498. The number of carboxylic acid groups (broad SMARTS) is 2. The van der Waals surface area contributed by atoms with Crippen molar-refractivity contribution < 1.29 is 19.8 Å². The van der Waals surface area contributed by atoms with Gasteiger partial charge in [-0.1, -0.05) is 53.4 Å². The molecule has 1 N–H and O–H groups in total. The van der Waals surface area contributed by atoms with E-state index >= 15 is 0 Å². The summed E-state index contributed by atoms with van der Waals surface area (Å²) in [6.07, 6.45) is 17.2. The first-order valence-corrected chi connectivity index (χ1v) is 12.7. The first-order chi connectivity index (χ1) is 11.9. The van der Waals surface area contributed by atoms with Crippen LogP contribution in [0, 0.1) is 0 Å². The molecule has 0 aromatic heterocycles. The van der Waals surface area contributed by atoms with Crippen LogP contribution in [0.3, 0.4) is 0 Å². The van der Waals surface area contributed by atoms with Gasteiger partial charge in [0.2, 0.25) is 0 Å². The van der Waals surface area contributed by atoms with Crippen molar-refractivity contribution in [2.45, 2.75) is 91.9 Å². The zero-order valence-corrected chi connectivity index (χ0v) is 20.0. The second kappa shape index (κ2) is 21.1. The predicted octanol–water partition coefficient (Wildman–Crippen LogP) is 4.86. The van der Waals surface area contributed by atoms with Crippen LogP contribution in [0.1, 0.15) is 91.9 Å². The summed E-state index contributed by atoms with van der Waals surface area (Å²) in [7, 11) is -0.562. The molecule has 0 aliphatic carbocycles. The molecule has 0 rings (SSSR count). The SMILES string of the molecule is CCCC[P+](CCCC)(CCCC)CCCC.O=C([O-])CCC(=O)O.P. The van der Waals surface area contributed by atoms with Gasteiger partial charge in [0.25, 0.3) is 0 Å². The molecular formula is C20H44O4P2. The van der Waals surface area contributed by atoms with E-state index in [4.69, 9.17) is 5.11 Å². The molecule has 0 bridgehead atoms. The fourth-order valence-corrected chi connectivity index (χ4v) is 8.14. The number of hydrogen-bond donors (Lipinski definition) is 1. The maximum Gasteiger partial charge on any atom is 0.303 e. The zero-order valence-electron chi connectivity index (χ0n) is 17.7. The molecule has 0 aliphatic rings. The largest absolute Gasteiger partial charge is 0.550 e. The zero-order chi connectivity index (χ0) is 19.6. The van der Waals surface area contributed by atoms with E-state index in [-0.39, 0.29) is 16.3 Å². The Labute approximate surface area is 165 Å². The Morgan fingerprint density at radius 2 is 1.04 bits per heavy atom. The van der Waals surface area contributed by atoms with Crippen LogP contribution in [0.4, 0.5) is 0 Å². The van der Waals surface area contributed by atoms with E-state index in [9.17, 15) is 14.7 Å². The number of carbonyl (C=O) groups excluding carboxylic acids is 1. The summed E-state index contributed by atoms with van der Waals surface area (Å²) in [5.74, 6) is -2.44. The van der Waals surface area contributed by atoms with Crippen molar-refractivity contribution in [3.8, 4) is 0 Å². The molecule has 1 atom stereocenters. The molecule has 0 radical (unpaired) electrons. The van der Waals surface area contributed by atoms with Crippen molar-refractivity contribution in [2.75, 3.05) is 24.6 Å². The lowest BCUT2D eigenvalue weighted by molar-refractivity contribution is -0.305. The van der Waals surface area contributed by atoms with Gasteiger partial charge in [-0.2, -0.15) is 9.90 Å². The fraction of sp³-hybridized carbons (Fsp3) is 0.900. The number of aliphatic carboxylic acids is 2. The number of unbranched alkanes of at least 4 members (excludes halogenated alkanes) is 4. The van der Waals surface area contributed by atoms with Gasteiger partial charge in [0.1, 0.15) is 0 Å². The first-order valence-electron chi connectivity index (χ1n) is 10.1. The summed E-state index contributed by atoms with van der Waals surface area (Å²) in [5, 5.41) is 17.4. The minimum Gasteiger partial charge on any atom is -0.550 e. The summed E-state index contributed by atoms with van der Waals surface area (Å²) < 4.78 is 0. The molecule has 1 unspecified atom stereocenters. The van der Waals surface area contributed by atoms with Crippen LogP contribution in [0.5, 0.6) is 0 Å². The summed E-state index contributed by atoms with van der Waals surface area (Å²) in [5.41, 5.74) is 0. The van der Waals surface area contributed by atoms with Crippen molar-refractivity contribution in [3.63, 3.8) is 0 Å². The third-order valence-electron chi connectivity index (χ3n) is 4.49. The van der Waals surface area contributed by atoms with Crippen LogP contribution < -0.4 is 5.11 Å². The van der Waals surface area contributed by atoms with E-state index in [1.165, 1.54) is 51.4 Å². The number of hydrogen-bond acceptors (Lipinski definition) is 3. The van der Waals surface area contributed by atoms with Crippen LogP contribution in [0.15, 0.2) is 0 Å². The van der Waals surface area contributed by atoms with E-state index in [0.717, 1.165) is 0 Å². The van der Waals surface area contributed by atoms with E-state index in [0.29, 0.717) is 0 Å². The average Bonchev–Trinajstić information content (AvgIpc) is 2.59.